The molecule has 0 nitrogen and oxygen atoms in total. The van der Waals surface area contributed by atoms with Gasteiger partial charge in [0.25, 0.3) is 0 Å². The molecule has 0 aliphatic heterocycles. The first-order valence-electron chi connectivity index (χ1n) is 10.4. The van der Waals surface area contributed by atoms with Crippen LogP contribution in [0.15, 0.2) is 36.4 Å². The number of alkyl halides is 4. The van der Waals surface area contributed by atoms with Gasteiger partial charge < -0.3 is 0 Å². The molecular formula is C24H25F5. The van der Waals surface area contributed by atoms with Gasteiger partial charge in [0.05, 0.1) is 5.56 Å². The van der Waals surface area contributed by atoms with Crippen molar-refractivity contribution in [3.63, 3.8) is 0 Å². The Morgan fingerprint density at radius 2 is 1.55 bits per heavy atom. The van der Waals surface area contributed by atoms with Crippen LogP contribution in [-0.4, -0.2) is 5.92 Å². The van der Waals surface area contributed by atoms with Crippen molar-refractivity contribution in [3.8, 4) is 11.1 Å². The van der Waals surface area contributed by atoms with Gasteiger partial charge in [-0.2, -0.15) is 17.6 Å². The van der Waals surface area contributed by atoms with Crippen molar-refractivity contribution >= 4 is 0 Å². The first-order valence-corrected chi connectivity index (χ1v) is 10.4. The zero-order valence-electron chi connectivity index (χ0n) is 16.5. The van der Waals surface area contributed by atoms with E-state index in [0.29, 0.717) is 17.0 Å². The predicted molar refractivity (Wildman–Crippen MR) is 104 cm³/mol. The van der Waals surface area contributed by atoms with E-state index in [0.717, 1.165) is 24.8 Å². The van der Waals surface area contributed by atoms with Gasteiger partial charge in [-0.25, -0.2) is 4.39 Å². The normalized spacial score (nSPS) is 25.4. The van der Waals surface area contributed by atoms with E-state index in [-0.39, 0.29) is 12.0 Å². The molecule has 5 heteroatoms. The van der Waals surface area contributed by atoms with Gasteiger partial charge in [-0.05, 0) is 72.3 Å². The zero-order valence-corrected chi connectivity index (χ0v) is 16.5. The molecule has 0 unspecified atom stereocenters. The fraction of sp³-hybridized carbons (Fsp3) is 0.500. The molecule has 0 amide bonds. The fourth-order valence-corrected chi connectivity index (χ4v) is 4.86. The van der Waals surface area contributed by atoms with Gasteiger partial charge >= 0.3 is 11.8 Å². The summed E-state index contributed by atoms with van der Waals surface area (Å²) >= 11 is 0. The zero-order chi connectivity index (χ0) is 20.8. The summed E-state index contributed by atoms with van der Waals surface area (Å²) in [5, 5.41) is 0. The summed E-state index contributed by atoms with van der Waals surface area (Å²) < 4.78 is 69.9. The molecule has 2 aromatic rings. The molecule has 0 saturated heterocycles. The van der Waals surface area contributed by atoms with Crippen molar-refractivity contribution in [2.45, 2.75) is 69.6 Å². The van der Waals surface area contributed by atoms with E-state index in [4.69, 9.17) is 0 Å². The van der Waals surface area contributed by atoms with Crippen molar-refractivity contribution in [3.05, 3.63) is 58.9 Å². The van der Waals surface area contributed by atoms with Gasteiger partial charge in [-0.3, -0.25) is 0 Å². The molecule has 156 valence electrons. The minimum absolute atomic E-state index is 0.0297. The fourth-order valence-electron chi connectivity index (χ4n) is 4.86. The van der Waals surface area contributed by atoms with Crippen LogP contribution in [-0.2, 0) is 12.3 Å². The standard InChI is InChI=1S/C24H25F5/c1-2-15-3-5-16(6-4-15)17-7-9-18(10-8-17)20-13-19-11-12-23(26,27)24(28,29)22(19)21(25)14-20/h7-10,13-16H,2-6,11-12H2,1H3. The molecular weight excluding hydrogens is 383 g/mol. The van der Waals surface area contributed by atoms with Crippen LogP contribution in [0.3, 0.4) is 0 Å². The van der Waals surface area contributed by atoms with Crippen molar-refractivity contribution in [2.24, 2.45) is 5.92 Å². The van der Waals surface area contributed by atoms with Gasteiger partial charge in [0.1, 0.15) is 5.82 Å². The summed E-state index contributed by atoms with van der Waals surface area (Å²) in [5.74, 6) is -8.63. The predicted octanol–water partition coefficient (Wildman–Crippen LogP) is 7.85. The second-order valence-corrected chi connectivity index (χ2v) is 8.52. The highest BCUT2D eigenvalue weighted by Gasteiger charge is 2.61. The maximum absolute atomic E-state index is 14.5. The summed E-state index contributed by atoms with van der Waals surface area (Å²) in [5.41, 5.74) is 1.22. The number of fused-ring (bicyclic) bond motifs is 1. The van der Waals surface area contributed by atoms with E-state index in [9.17, 15) is 22.0 Å². The highest BCUT2D eigenvalue weighted by Crippen LogP contribution is 2.51. The first-order chi connectivity index (χ1) is 13.7. The molecule has 29 heavy (non-hydrogen) atoms. The largest absolute Gasteiger partial charge is 0.338 e. The highest BCUT2D eigenvalue weighted by molar-refractivity contribution is 5.66. The van der Waals surface area contributed by atoms with E-state index >= 15 is 0 Å². The quantitative estimate of drug-likeness (QED) is 0.454. The van der Waals surface area contributed by atoms with E-state index in [1.807, 2.05) is 24.3 Å². The van der Waals surface area contributed by atoms with E-state index in [1.54, 1.807) is 0 Å². The molecule has 1 fully saturated rings. The lowest BCUT2D eigenvalue weighted by Crippen LogP contribution is -2.43. The lowest BCUT2D eigenvalue weighted by atomic mass is 9.77. The third-order valence-electron chi connectivity index (χ3n) is 6.79. The molecule has 0 heterocycles. The molecule has 0 spiro atoms. The van der Waals surface area contributed by atoms with Gasteiger partial charge in [0.15, 0.2) is 0 Å². The van der Waals surface area contributed by atoms with Crippen molar-refractivity contribution in [1.29, 1.82) is 0 Å². The van der Waals surface area contributed by atoms with E-state index in [1.165, 1.54) is 30.9 Å². The second kappa shape index (κ2) is 7.41. The lowest BCUT2D eigenvalue weighted by Gasteiger charge is -2.33. The summed E-state index contributed by atoms with van der Waals surface area (Å²) in [6.07, 6.45) is 4.77. The van der Waals surface area contributed by atoms with Crippen LogP contribution in [0.1, 0.15) is 68.1 Å². The molecule has 2 aliphatic rings. The average molecular weight is 408 g/mol. The molecule has 0 radical (unpaired) electrons. The van der Waals surface area contributed by atoms with Crippen LogP contribution in [0.2, 0.25) is 0 Å². The summed E-state index contributed by atoms with van der Waals surface area (Å²) in [4.78, 5) is 0. The van der Waals surface area contributed by atoms with Gasteiger partial charge in [0.2, 0.25) is 0 Å². The Morgan fingerprint density at radius 3 is 2.17 bits per heavy atom. The number of aryl methyl sites for hydroxylation is 1. The minimum Gasteiger partial charge on any atom is -0.206 e. The minimum atomic E-state index is -4.48. The Bertz CT molecular complexity index is 877. The Morgan fingerprint density at radius 1 is 0.897 bits per heavy atom. The monoisotopic (exact) mass is 408 g/mol. The molecule has 0 N–H and O–H groups in total. The molecule has 1 saturated carbocycles. The molecule has 2 aliphatic carbocycles. The maximum atomic E-state index is 14.5. The van der Waals surface area contributed by atoms with Crippen molar-refractivity contribution < 1.29 is 22.0 Å². The van der Waals surface area contributed by atoms with Gasteiger partial charge in [-0.15, -0.1) is 0 Å². The summed E-state index contributed by atoms with van der Waals surface area (Å²) in [7, 11) is 0. The number of hydrogen-bond donors (Lipinski definition) is 0. The van der Waals surface area contributed by atoms with Crippen LogP contribution in [0.25, 0.3) is 11.1 Å². The van der Waals surface area contributed by atoms with E-state index in [2.05, 4.69) is 6.92 Å². The molecule has 4 rings (SSSR count). The SMILES string of the molecule is CCC1CCC(c2ccc(-c3cc(F)c4c(c3)CCC(F)(F)C4(F)F)cc2)CC1. The topological polar surface area (TPSA) is 0 Å². The Hall–Kier alpha value is -1.91. The highest BCUT2D eigenvalue weighted by atomic mass is 19.3. The summed E-state index contributed by atoms with van der Waals surface area (Å²) in [6.45, 7) is 2.23. The van der Waals surface area contributed by atoms with Crippen LogP contribution < -0.4 is 0 Å². The third-order valence-corrected chi connectivity index (χ3v) is 6.79. The van der Waals surface area contributed by atoms with Crippen LogP contribution in [0.5, 0.6) is 0 Å². The Balaban J connectivity index is 1.59. The van der Waals surface area contributed by atoms with Crippen LogP contribution >= 0.6 is 0 Å². The third kappa shape index (κ3) is 3.57. The second-order valence-electron chi connectivity index (χ2n) is 8.52. The molecule has 0 bridgehead atoms. The average Bonchev–Trinajstić information content (AvgIpc) is 2.71. The van der Waals surface area contributed by atoms with E-state index < -0.39 is 29.6 Å². The Labute approximate surface area is 168 Å². The number of halogens is 5. The Kier molecular flexibility index (Phi) is 5.20. The number of rotatable bonds is 3. The maximum Gasteiger partial charge on any atom is 0.338 e. The number of hydrogen-bond acceptors (Lipinski definition) is 0. The number of benzene rings is 2. The smallest absolute Gasteiger partial charge is 0.206 e. The first kappa shape index (κ1) is 20.4. The molecule has 0 aromatic heterocycles. The van der Waals surface area contributed by atoms with Gasteiger partial charge in [0, 0.05) is 6.42 Å². The molecule has 0 atom stereocenters. The van der Waals surface area contributed by atoms with Gasteiger partial charge in [-0.1, -0.05) is 43.7 Å². The van der Waals surface area contributed by atoms with Crippen LogP contribution in [0, 0.1) is 11.7 Å². The summed E-state index contributed by atoms with van der Waals surface area (Å²) in [6, 6.07) is 10.2. The van der Waals surface area contributed by atoms with Crippen molar-refractivity contribution in [2.75, 3.05) is 0 Å². The van der Waals surface area contributed by atoms with Crippen molar-refractivity contribution in [1.82, 2.24) is 0 Å². The lowest BCUT2D eigenvalue weighted by molar-refractivity contribution is -0.226. The van der Waals surface area contributed by atoms with Crippen LogP contribution in [0.4, 0.5) is 22.0 Å². The molecule has 2 aromatic carbocycles.